The van der Waals surface area contributed by atoms with E-state index in [4.69, 9.17) is 0 Å². The quantitative estimate of drug-likeness (QED) is 0.274. The van der Waals surface area contributed by atoms with Crippen LogP contribution in [0.15, 0.2) is 115 Å². The number of hydrogen-bond donors (Lipinski definition) is 0. The molecular weight excluding hydrogens is 386 g/mol. The van der Waals surface area contributed by atoms with E-state index >= 15 is 0 Å². The lowest BCUT2D eigenvalue weighted by molar-refractivity contribution is 0.779. The number of rotatable bonds is 4. The smallest absolute Gasteiger partial charge is 0.0544 e. The minimum atomic E-state index is 0.367. The fraction of sp³-hybridized carbons (Fsp3) is 0.0968. The third kappa shape index (κ3) is 3.01. The first-order valence-electron chi connectivity index (χ1n) is 11.4. The molecule has 1 unspecified atom stereocenters. The Balaban J connectivity index is 1.57. The average molecular weight is 412 g/mol. The van der Waals surface area contributed by atoms with Gasteiger partial charge in [0.05, 0.1) is 11.0 Å². The van der Waals surface area contributed by atoms with Gasteiger partial charge < -0.3 is 4.57 Å². The molecule has 1 aromatic heterocycles. The van der Waals surface area contributed by atoms with Crippen molar-refractivity contribution in [3.05, 3.63) is 126 Å². The van der Waals surface area contributed by atoms with Crippen LogP contribution in [0.4, 0.5) is 0 Å². The van der Waals surface area contributed by atoms with Crippen molar-refractivity contribution in [2.24, 2.45) is 0 Å². The molecule has 5 aromatic carbocycles. The highest BCUT2D eigenvalue weighted by Gasteiger charge is 2.17. The van der Waals surface area contributed by atoms with Crippen LogP contribution in [0, 0.1) is 0 Å². The molecule has 0 aliphatic rings. The van der Waals surface area contributed by atoms with Crippen LogP contribution in [0.3, 0.4) is 0 Å². The lowest BCUT2D eigenvalue weighted by atomic mass is 9.87. The zero-order valence-corrected chi connectivity index (χ0v) is 18.2. The second-order valence-electron chi connectivity index (χ2n) is 8.53. The molecule has 154 valence electrons. The van der Waals surface area contributed by atoms with E-state index in [1.807, 2.05) is 0 Å². The van der Waals surface area contributed by atoms with Crippen molar-refractivity contribution >= 4 is 32.6 Å². The van der Waals surface area contributed by atoms with E-state index in [0.29, 0.717) is 5.92 Å². The summed E-state index contributed by atoms with van der Waals surface area (Å²) in [6, 6.07) is 42.0. The Morgan fingerprint density at radius 3 is 2.06 bits per heavy atom. The van der Waals surface area contributed by atoms with Gasteiger partial charge in [-0.05, 0) is 52.6 Å². The first-order chi connectivity index (χ1) is 15.8. The zero-order valence-electron chi connectivity index (χ0n) is 18.2. The molecule has 0 fully saturated rings. The van der Waals surface area contributed by atoms with Gasteiger partial charge in [-0.1, -0.05) is 97.9 Å². The monoisotopic (exact) mass is 411 g/mol. The SMILES string of the molecule is CCC(c1ccc2ccccc2c1)c1ccc2c3ccccc3n(-c3ccccc3)c2c1. The molecule has 1 nitrogen and oxygen atoms in total. The average Bonchev–Trinajstić information content (AvgIpc) is 3.19. The fourth-order valence-corrected chi connectivity index (χ4v) is 5.15. The summed E-state index contributed by atoms with van der Waals surface area (Å²) in [5.41, 5.74) is 6.48. The lowest BCUT2D eigenvalue weighted by Crippen LogP contribution is -2.01. The van der Waals surface area contributed by atoms with Gasteiger partial charge in [0.15, 0.2) is 0 Å². The van der Waals surface area contributed by atoms with Gasteiger partial charge in [0.25, 0.3) is 0 Å². The van der Waals surface area contributed by atoms with Crippen LogP contribution in [0.1, 0.15) is 30.4 Å². The highest BCUT2D eigenvalue weighted by atomic mass is 15.0. The van der Waals surface area contributed by atoms with Crippen molar-refractivity contribution in [2.45, 2.75) is 19.3 Å². The standard InChI is InChI=1S/C31H25N/c1-2-27(24-17-16-22-10-6-7-11-23(22)20-24)25-18-19-29-28-14-8-9-15-30(28)32(31(29)21-25)26-12-4-3-5-13-26/h3-21,27H,2H2,1H3. The van der Waals surface area contributed by atoms with Gasteiger partial charge in [-0.15, -0.1) is 0 Å². The fourth-order valence-electron chi connectivity index (χ4n) is 5.15. The van der Waals surface area contributed by atoms with E-state index < -0.39 is 0 Å². The molecule has 0 aliphatic carbocycles. The van der Waals surface area contributed by atoms with E-state index in [2.05, 4.69) is 127 Å². The lowest BCUT2D eigenvalue weighted by Gasteiger charge is -2.18. The van der Waals surface area contributed by atoms with E-state index in [9.17, 15) is 0 Å². The first-order valence-corrected chi connectivity index (χ1v) is 11.4. The van der Waals surface area contributed by atoms with Crippen molar-refractivity contribution < 1.29 is 0 Å². The summed E-state index contributed by atoms with van der Waals surface area (Å²) in [5, 5.41) is 5.21. The number of aromatic nitrogens is 1. The number of hydrogen-bond acceptors (Lipinski definition) is 0. The summed E-state index contributed by atoms with van der Waals surface area (Å²) in [6.07, 6.45) is 1.06. The van der Waals surface area contributed by atoms with Gasteiger partial charge in [-0.25, -0.2) is 0 Å². The molecule has 0 saturated carbocycles. The van der Waals surface area contributed by atoms with Crippen LogP contribution in [0.25, 0.3) is 38.3 Å². The molecule has 1 heteroatoms. The van der Waals surface area contributed by atoms with Crippen molar-refractivity contribution in [3.63, 3.8) is 0 Å². The molecular formula is C31H25N. The van der Waals surface area contributed by atoms with Crippen LogP contribution < -0.4 is 0 Å². The Bertz CT molecular complexity index is 1560. The van der Waals surface area contributed by atoms with E-state index in [0.717, 1.165) is 6.42 Å². The molecule has 6 rings (SSSR count). The minimum absolute atomic E-state index is 0.367. The molecule has 0 amide bonds. The zero-order chi connectivity index (χ0) is 21.5. The Labute approximate surface area is 188 Å². The molecule has 0 bridgehead atoms. The van der Waals surface area contributed by atoms with Crippen molar-refractivity contribution in [1.29, 1.82) is 0 Å². The second kappa shape index (κ2) is 7.69. The predicted molar refractivity (Wildman–Crippen MR) is 137 cm³/mol. The summed E-state index contributed by atoms with van der Waals surface area (Å²) in [6.45, 7) is 2.29. The molecule has 1 heterocycles. The van der Waals surface area contributed by atoms with E-state index in [1.54, 1.807) is 0 Å². The molecule has 32 heavy (non-hydrogen) atoms. The molecule has 0 spiro atoms. The Morgan fingerprint density at radius 2 is 1.22 bits per heavy atom. The number of para-hydroxylation sites is 2. The highest BCUT2D eigenvalue weighted by Crippen LogP contribution is 2.36. The number of fused-ring (bicyclic) bond motifs is 4. The van der Waals surface area contributed by atoms with Crippen LogP contribution >= 0.6 is 0 Å². The van der Waals surface area contributed by atoms with Gasteiger partial charge in [-0.2, -0.15) is 0 Å². The van der Waals surface area contributed by atoms with Gasteiger partial charge in [0.1, 0.15) is 0 Å². The van der Waals surface area contributed by atoms with Crippen molar-refractivity contribution in [3.8, 4) is 5.69 Å². The second-order valence-corrected chi connectivity index (χ2v) is 8.53. The summed E-state index contributed by atoms with van der Waals surface area (Å²) >= 11 is 0. The van der Waals surface area contributed by atoms with Crippen LogP contribution in [0.5, 0.6) is 0 Å². The van der Waals surface area contributed by atoms with Crippen LogP contribution in [0.2, 0.25) is 0 Å². The van der Waals surface area contributed by atoms with Gasteiger partial charge >= 0.3 is 0 Å². The third-order valence-electron chi connectivity index (χ3n) is 6.70. The highest BCUT2D eigenvalue weighted by molar-refractivity contribution is 6.09. The van der Waals surface area contributed by atoms with Crippen LogP contribution in [-0.2, 0) is 0 Å². The normalized spacial score (nSPS) is 12.5. The van der Waals surface area contributed by atoms with E-state index in [1.165, 1.54) is 49.4 Å². The molecule has 6 aromatic rings. The van der Waals surface area contributed by atoms with Gasteiger partial charge in [0, 0.05) is 22.4 Å². The third-order valence-corrected chi connectivity index (χ3v) is 6.70. The van der Waals surface area contributed by atoms with Gasteiger partial charge in [-0.3, -0.25) is 0 Å². The summed E-state index contributed by atoms with van der Waals surface area (Å²) in [4.78, 5) is 0. The van der Waals surface area contributed by atoms with Crippen molar-refractivity contribution in [1.82, 2.24) is 4.57 Å². The number of benzene rings is 5. The maximum absolute atomic E-state index is 2.41. The molecule has 1 atom stereocenters. The Kier molecular flexibility index (Phi) is 4.54. The largest absolute Gasteiger partial charge is 0.309 e. The van der Waals surface area contributed by atoms with Gasteiger partial charge in [0.2, 0.25) is 0 Å². The maximum atomic E-state index is 2.41. The van der Waals surface area contributed by atoms with Crippen LogP contribution in [-0.4, -0.2) is 4.57 Å². The first kappa shape index (κ1) is 18.9. The Morgan fingerprint density at radius 1 is 0.562 bits per heavy atom. The van der Waals surface area contributed by atoms with Crippen molar-refractivity contribution in [2.75, 3.05) is 0 Å². The molecule has 0 radical (unpaired) electrons. The maximum Gasteiger partial charge on any atom is 0.0544 e. The summed E-state index contributed by atoms with van der Waals surface area (Å²) < 4.78 is 2.40. The summed E-state index contributed by atoms with van der Waals surface area (Å²) in [5.74, 6) is 0.367. The molecule has 0 saturated heterocycles. The van der Waals surface area contributed by atoms with E-state index in [-0.39, 0.29) is 0 Å². The Hall–Kier alpha value is -3.84. The molecule has 0 aliphatic heterocycles. The predicted octanol–water partition coefficient (Wildman–Crippen LogP) is 8.48. The number of nitrogens with zero attached hydrogens (tertiary/aromatic N) is 1. The molecule has 0 N–H and O–H groups in total. The topological polar surface area (TPSA) is 4.93 Å². The summed E-state index contributed by atoms with van der Waals surface area (Å²) in [7, 11) is 0. The minimum Gasteiger partial charge on any atom is -0.309 e.